The van der Waals surface area contributed by atoms with E-state index in [9.17, 15) is 4.79 Å². The lowest BCUT2D eigenvalue weighted by molar-refractivity contribution is -0.122. The van der Waals surface area contributed by atoms with Crippen molar-refractivity contribution in [1.82, 2.24) is 10.2 Å². The van der Waals surface area contributed by atoms with Gasteiger partial charge in [-0.25, -0.2) is 0 Å². The second-order valence-electron chi connectivity index (χ2n) is 6.75. The van der Waals surface area contributed by atoms with Crippen molar-refractivity contribution in [2.45, 2.75) is 38.3 Å². The molecule has 7 heteroatoms. The van der Waals surface area contributed by atoms with Crippen LogP contribution in [0.2, 0.25) is 0 Å². The Morgan fingerprint density at radius 3 is 2.41 bits per heavy atom. The summed E-state index contributed by atoms with van der Waals surface area (Å²) in [6, 6.07) is 13.4. The summed E-state index contributed by atoms with van der Waals surface area (Å²) >= 11 is 0. The van der Waals surface area contributed by atoms with E-state index in [1.165, 1.54) is 12.8 Å². The maximum Gasteiger partial charge on any atom is 0.237 e. The molecule has 2 aromatic rings. The van der Waals surface area contributed by atoms with Crippen LogP contribution in [-0.2, 0) is 11.2 Å². The number of carbonyl (C=O) groups is 1. The molecular formula is C20H29Cl2N3O2. The molecule has 1 aromatic heterocycles. The minimum absolute atomic E-state index is 0. The van der Waals surface area contributed by atoms with Crippen molar-refractivity contribution < 1.29 is 9.21 Å². The fraction of sp³-hybridized carbons (Fsp3) is 0.450. The second kappa shape index (κ2) is 11.3. The molecule has 0 radical (unpaired) electrons. The summed E-state index contributed by atoms with van der Waals surface area (Å²) < 4.78 is 5.82. The molecule has 0 saturated carbocycles. The van der Waals surface area contributed by atoms with Gasteiger partial charge in [-0.2, -0.15) is 0 Å². The maximum absolute atomic E-state index is 12.4. The minimum atomic E-state index is -0.542. The Morgan fingerprint density at radius 2 is 1.81 bits per heavy atom. The lowest BCUT2D eigenvalue weighted by Crippen LogP contribution is -2.45. The molecule has 0 spiro atoms. The Morgan fingerprint density at radius 1 is 1.15 bits per heavy atom. The largest absolute Gasteiger partial charge is 0.465 e. The second-order valence-corrected chi connectivity index (χ2v) is 6.75. The van der Waals surface area contributed by atoms with Gasteiger partial charge in [0.2, 0.25) is 5.91 Å². The molecule has 3 N–H and O–H groups in total. The van der Waals surface area contributed by atoms with Crippen molar-refractivity contribution in [3.8, 4) is 0 Å². The Balaban J connectivity index is 0.00000182. The predicted molar refractivity (Wildman–Crippen MR) is 113 cm³/mol. The Bertz CT molecular complexity index is 688. The molecule has 2 atom stereocenters. The number of hydrogen-bond acceptors (Lipinski definition) is 4. The summed E-state index contributed by atoms with van der Waals surface area (Å²) in [6.45, 7) is 4.54. The summed E-state index contributed by atoms with van der Waals surface area (Å²) in [7, 11) is 0. The fourth-order valence-electron chi connectivity index (χ4n) is 3.38. The van der Waals surface area contributed by atoms with Crippen molar-refractivity contribution >= 4 is 30.7 Å². The standard InChI is InChI=1S/C20H27N3O2.2ClH/c1-15-9-10-19(25-15)18(23-11-5-6-12-23)14-22-20(24)17(21)13-16-7-3-2-4-8-16;;/h2-4,7-10,17-18H,5-6,11-14,21H2,1H3,(H,22,24);2*1H. The monoisotopic (exact) mass is 413 g/mol. The molecule has 1 aliphatic rings. The quantitative estimate of drug-likeness (QED) is 0.730. The van der Waals surface area contributed by atoms with Crippen LogP contribution < -0.4 is 11.1 Å². The molecule has 2 heterocycles. The van der Waals surface area contributed by atoms with Gasteiger partial charge in [0.25, 0.3) is 0 Å². The molecule has 5 nitrogen and oxygen atoms in total. The number of nitrogens with one attached hydrogen (secondary N) is 1. The van der Waals surface area contributed by atoms with Gasteiger partial charge in [0.15, 0.2) is 0 Å². The average Bonchev–Trinajstić information content (AvgIpc) is 3.28. The van der Waals surface area contributed by atoms with Gasteiger partial charge in [-0.05, 0) is 57.0 Å². The van der Waals surface area contributed by atoms with Gasteiger partial charge in [0.05, 0.1) is 12.1 Å². The molecule has 2 unspecified atom stereocenters. The first-order valence-electron chi connectivity index (χ1n) is 9.01. The Kier molecular flexibility index (Phi) is 9.88. The van der Waals surface area contributed by atoms with E-state index < -0.39 is 6.04 Å². The number of nitrogens with zero attached hydrogens (tertiary/aromatic N) is 1. The van der Waals surface area contributed by atoms with Gasteiger partial charge in [-0.3, -0.25) is 9.69 Å². The molecular weight excluding hydrogens is 385 g/mol. The average molecular weight is 414 g/mol. The predicted octanol–water partition coefficient (Wildman–Crippen LogP) is 3.25. The van der Waals surface area contributed by atoms with Gasteiger partial charge in [0.1, 0.15) is 11.5 Å². The lowest BCUT2D eigenvalue weighted by Gasteiger charge is -2.26. The van der Waals surface area contributed by atoms with Crippen LogP contribution in [0, 0.1) is 6.92 Å². The number of halogens is 2. The number of aryl methyl sites for hydroxylation is 1. The fourth-order valence-corrected chi connectivity index (χ4v) is 3.38. The lowest BCUT2D eigenvalue weighted by atomic mass is 10.1. The summed E-state index contributed by atoms with van der Waals surface area (Å²) in [6.07, 6.45) is 2.93. The van der Waals surface area contributed by atoms with Crippen molar-refractivity contribution in [2.75, 3.05) is 19.6 Å². The summed E-state index contributed by atoms with van der Waals surface area (Å²) in [5, 5.41) is 3.02. The first-order valence-corrected chi connectivity index (χ1v) is 9.01. The number of furan rings is 1. The molecule has 1 aliphatic heterocycles. The van der Waals surface area contributed by atoms with Crippen molar-refractivity contribution in [3.05, 3.63) is 59.5 Å². The van der Waals surface area contributed by atoms with Crippen LogP contribution in [0.4, 0.5) is 0 Å². The molecule has 27 heavy (non-hydrogen) atoms. The van der Waals surface area contributed by atoms with Gasteiger partial charge >= 0.3 is 0 Å². The zero-order chi connectivity index (χ0) is 17.6. The van der Waals surface area contributed by atoms with E-state index in [0.717, 1.165) is 30.2 Å². The van der Waals surface area contributed by atoms with Crippen LogP contribution in [-0.4, -0.2) is 36.5 Å². The highest BCUT2D eigenvalue weighted by molar-refractivity contribution is 5.85. The number of hydrogen-bond donors (Lipinski definition) is 2. The SMILES string of the molecule is Cc1ccc(C(CNC(=O)C(N)Cc2ccccc2)N2CCCC2)o1.Cl.Cl. The van der Waals surface area contributed by atoms with Crippen LogP contribution >= 0.6 is 24.8 Å². The van der Waals surface area contributed by atoms with E-state index in [4.69, 9.17) is 10.2 Å². The molecule has 0 aliphatic carbocycles. The van der Waals surface area contributed by atoms with E-state index in [0.29, 0.717) is 13.0 Å². The topological polar surface area (TPSA) is 71.5 Å². The number of carbonyl (C=O) groups excluding carboxylic acids is 1. The molecule has 150 valence electrons. The van der Waals surface area contributed by atoms with Gasteiger partial charge < -0.3 is 15.5 Å². The molecule has 1 aromatic carbocycles. The van der Waals surface area contributed by atoms with Gasteiger partial charge in [0, 0.05) is 6.54 Å². The first-order chi connectivity index (χ1) is 12.1. The Labute approximate surface area is 173 Å². The van der Waals surface area contributed by atoms with E-state index in [1.807, 2.05) is 49.4 Å². The van der Waals surface area contributed by atoms with E-state index in [-0.39, 0.29) is 36.8 Å². The summed E-state index contributed by atoms with van der Waals surface area (Å²) in [5.41, 5.74) is 7.15. The third kappa shape index (κ3) is 6.54. The number of likely N-dealkylation sites (tertiary alicyclic amines) is 1. The zero-order valence-electron chi connectivity index (χ0n) is 15.6. The molecule has 1 fully saturated rings. The highest BCUT2D eigenvalue weighted by atomic mass is 35.5. The van der Waals surface area contributed by atoms with E-state index in [1.54, 1.807) is 0 Å². The summed E-state index contributed by atoms with van der Waals surface area (Å²) in [5.74, 6) is 1.69. The number of rotatable bonds is 7. The number of amides is 1. The van der Waals surface area contributed by atoms with Gasteiger partial charge in [-0.15, -0.1) is 24.8 Å². The van der Waals surface area contributed by atoms with Crippen LogP contribution in [0.15, 0.2) is 46.9 Å². The van der Waals surface area contributed by atoms with Crippen LogP contribution in [0.25, 0.3) is 0 Å². The minimum Gasteiger partial charge on any atom is -0.465 e. The number of nitrogens with two attached hydrogens (primary N) is 1. The van der Waals surface area contributed by atoms with Crippen molar-refractivity contribution in [1.29, 1.82) is 0 Å². The third-order valence-electron chi connectivity index (χ3n) is 4.78. The van der Waals surface area contributed by atoms with E-state index in [2.05, 4.69) is 10.2 Å². The van der Waals surface area contributed by atoms with Gasteiger partial charge in [-0.1, -0.05) is 30.3 Å². The van der Waals surface area contributed by atoms with Crippen LogP contribution in [0.5, 0.6) is 0 Å². The molecule has 3 rings (SSSR count). The maximum atomic E-state index is 12.4. The third-order valence-corrected chi connectivity index (χ3v) is 4.78. The molecule has 1 amide bonds. The molecule has 1 saturated heterocycles. The van der Waals surface area contributed by atoms with Crippen LogP contribution in [0.3, 0.4) is 0 Å². The van der Waals surface area contributed by atoms with Crippen LogP contribution in [0.1, 0.15) is 36.0 Å². The summed E-state index contributed by atoms with van der Waals surface area (Å²) in [4.78, 5) is 14.8. The van der Waals surface area contributed by atoms with E-state index >= 15 is 0 Å². The normalized spacial score (nSPS) is 16.1. The highest BCUT2D eigenvalue weighted by Crippen LogP contribution is 2.26. The smallest absolute Gasteiger partial charge is 0.237 e. The van der Waals surface area contributed by atoms with Crippen molar-refractivity contribution in [2.24, 2.45) is 5.73 Å². The zero-order valence-corrected chi connectivity index (χ0v) is 17.2. The number of benzene rings is 1. The Hall–Kier alpha value is -1.53. The molecule has 0 bridgehead atoms. The first kappa shape index (κ1) is 23.5. The van der Waals surface area contributed by atoms with Crippen molar-refractivity contribution in [3.63, 3.8) is 0 Å². The highest BCUT2D eigenvalue weighted by Gasteiger charge is 2.27.